The number of nitrogens with zero attached hydrogens (tertiary/aromatic N) is 5. The lowest BCUT2D eigenvalue weighted by Crippen LogP contribution is -2.47. The van der Waals surface area contributed by atoms with Crippen molar-refractivity contribution < 1.29 is 4.74 Å². The molecule has 2 fully saturated rings. The van der Waals surface area contributed by atoms with Gasteiger partial charge in [0.15, 0.2) is 5.65 Å². The molecule has 0 aliphatic carbocycles. The highest BCUT2D eigenvalue weighted by molar-refractivity contribution is 6.38. The summed E-state index contributed by atoms with van der Waals surface area (Å²) in [6.45, 7) is 1.28. The highest BCUT2D eigenvalue weighted by Gasteiger charge is 2.40. The van der Waals surface area contributed by atoms with Gasteiger partial charge in [0.2, 0.25) is 0 Å². The second kappa shape index (κ2) is 7.72. The summed E-state index contributed by atoms with van der Waals surface area (Å²) in [5.74, 6) is 0.936. The number of hydrogen-bond acceptors (Lipinski definition) is 6. The van der Waals surface area contributed by atoms with Gasteiger partial charge < -0.3 is 20.4 Å². The average Bonchev–Trinajstić information content (AvgIpc) is 3.47. The SMILES string of the molecule is COCCn1cc2c(Cl)c(-c3c[nH]c4nc(N5[C@@H]6CC[C@H]5CC(N)C6)cnc34)ccc2n1. The Morgan fingerprint density at radius 2 is 2.03 bits per heavy atom. The second-order valence-electron chi connectivity index (χ2n) is 8.90. The van der Waals surface area contributed by atoms with E-state index in [4.69, 9.17) is 32.0 Å². The number of benzene rings is 1. The van der Waals surface area contributed by atoms with E-state index in [0.717, 1.165) is 51.9 Å². The number of piperidine rings is 1. The molecule has 0 radical (unpaired) electrons. The summed E-state index contributed by atoms with van der Waals surface area (Å²) in [5, 5.41) is 6.17. The van der Waals surface area contributed by atoms with Gasteiger partial charge in [-0.15, -0.1) is 0 Å². The summed E-state index contributed by atoms with van der Waals surface area (Å²) >= 11 is 6.83. The Balaban J connectivity index is 1.36. The van der Waals surface area contributed by atoms with Gasteiger partial charge in [0.25, 0.3) is 0 Å². The molecule has 1 aromatic carbocycles. The number of aromatic nitrogens is 5. The quantitative estimate of drug-likeness (QED) is 0.479. The molecule has 2 aliphatic rings. The highest BCUT2D eigenvalue weighted by Crippen LogP contribution is 2.40. The number of methoxy groups -OCH3 is 1. The van der Waals surface area contributed by atoms with E-state index in [2.05, 4.69) is 15.0 Å². The normalized spacial score (nSPS) is 23.0. The smallest absolute Gasteiger partial charge is 0.159 e. The number of aromatic amines is 1. The lowest BCUT2D eigenvalue weighted by Gasteiger charge is -2.38. The molecule has 2 bridgehead atoms. The highest BCUT2D eigenvalue weighted by atomic mass is 35.5. The number of halogens is 1. The van der Waals surface area contributed by atoms with Crippen LogP contribution in [0.4, 0.5) is 5.82 Å². The Bertz CT molecular complexity index is 1280. The first-order valence-corrected chi connectivity index (χ1v) is 11.5. The molecular formula is C23H26ClN7O. The Morgan fingerprint density at radius 1 is 1.22 bits per heavy atom. The van der Waals surface area contributed by atoms with E-state index in [1.165, 1.54) is 12.8 Å². The van der Waals surface area contributed by atoms with Crippen LogP contribution in [0.3, 0.4) is 0 Å². The van der Waals surface area contributed by atoms with Crippen molar-refractivity contribution in [1.82, 2.24) is 24.7 Å². The van der Waals surface area contributed by atoms with Crippen LogP contribution in [-0.2, 0) is 11.3 Å². The number of anilines is 1. The van der Waals surface area contributed by atoms with Gasteiger partial charge in [-0.05, 0) is 31.7 Å². The molecule has 0 spiro atoms. The fraction of sp³-hybridized carbons (Fsp3) is 0.435. The van der Waals surface area contributed by atoms with Gasteiger partial charge in [0.1, 0.15) is 11.3 Å². The van der Waals surface area contributed by atoms with Gasteiger partial charge in [-0.25, -0.2) is 9.97 Å². The molecular weight excluding hydrogens is 426 g/mol. The molecule has 166 valence electrons. The largest absolute Gasteiger partial charge is 0.383 e. The van der Waals surface area contributed by atoms with Crippen molar-refractivity contribution in [2.45, 2.75) is 50.4 Å². The van der Waals surface area contributed by atoms with Crippen LogP contribution in [0.5, 0.6) is 0 Å². The van der Waals surface area contributed by atoms with E-state index in [0.29, 0.717) is 36.3 Å². The molecule has 0 saturated carbocycles. The standard InChI is InChI=1S/C23H26ClN7O/c1-32-7-6-30-12-18-19(29-30)5-4-16(21(18)24)17-10-27-23-22(17)26-11-20(28-23)31-14-2-3-15(31)9-13(25)8-14/h4-5,10-15H,2-3,6-9,25H2,1H3,(H,27,28)/t13?,14-,15+. The molecule has 9 heteroatoms. The third-order valence-electron chi connectivity index (χ3n) is 6.89. The van der Waals surface area contributed by atoms with Crippen LogP contribution in [0.25, 0.3) is 33.2 Å². The first-order chi connectivity index (χ1) is 15.6. The summed E-state index contributed by atoms with van der Waals surface area (Å²) in [6, 6.07) is 5.24. The van der Waals surface area contributed by atoms with Crippen LogP contribution < -0.4 is 10.6 Å². The molecule has 3 atom stereocenters. The molecule has 3 N–H and O–H groups in total. The van der Waals surface area contributed by atoms with Gasteiger partial charge >= 0.3 is 0 Å². The van der Waals surface area contributed by atoms with E-state index in [1.54, 1.807) is 7.11 Å². The zero-order chi connectivity index (χ0) is 21.8. The van der Waals surface area contributed by atoms with E-state index in [1.807, 2.05) is 35.4 Å². The number of fused-ring (bicyclic) bond motifs is 4. The van der Waals surface area contributed by atoms with Gasteiger partial charge in [-0.1, -0.05) is 17.7 Å². The van der Waals surface area contributed by atoms with Crippen molar-refractivity contribution >= 4 is 39.5 Å². The molecule has 0 amide bonds. The third-order valence-corrected chi connectivity index (χ3v) is 7.30. The van der Waals surface area contributed by atoms with Gasteiger partial charge in [-0.2, -0.15) is 5.10 Å². The zero-order valence-electron chi connectivity index (χ0n) is 18.0. The van der Waals surface area contributed by atoms with Crippen LogP contribution in [0.2, 0.25) is 5.02 Å². The van der Waals surface area contributed by atoms with Crippen molar-refractivity contribution in [3.8, 4) is 11.1 Å². The monoisotopic (exact) mass is 451 g/mol. The number of nitrogens with two attached hydrogens (primary N) is 1. The van der Waals surface area contributed by atoms with Crippen LogP contribution in [-0.4, -0.2) is 56.6 Å². The maximum absolute atomic E-state index is 6.83. The predicted molar refractivity (Wildman–Crippen MR) is 126 cm³/mol. The number of rotatable bonds is 5. The molecule has 2 saturated heterocycles. The number of ether oxygens (including phenoxy) is 1. The van der Waals surface area contributed by atoms with E-state index in [9.17, 15) is 0 Å². The minimum Gasteiger partial charge on any atom is -0.383 e. The summed E-state index contributed by atoms with van der Waals surface area (Å²) in [6.07, 6.45) is 10.2. The van der Waals surface area contributed by atoms with Gasteiger partial charge in [0, 0.05) is 54.1 Å². The van der Waals surface area contributed by atoms with Crippen molar-refractivity contribution in [2.75, 3.05) is 18.6 Å². The molecule has 3 aromatic heterocycles. The maximum Gasteiger partial charge on any atom is 0.159 e. The lowest BCUT2D eigenvalue weighted by atomic mass is 9.98. The third kappa shape index (κ3) is 3.17. The lowest BCUT2D eigenvalue weighted by molar-refractivity contribution is 0.184. The van der Waals surface area contributed by atoms with E-state index >= 15 is 0 Å². The zero-order valence-corrected chi connectivity index (χ0v) is 18.7. The summed E-state index contributed by atoms with van der Waals surface area (Å²) in [5.41, 5.74) is 10.6. The number of nitrogens with one attached hydrogen (secondary N) is 1. The van der Waals surface area contributed by atoms with Crippen molar-refractivity contribution in [1.29, 1.82) is 0 Å². The Labute approximate surface area is 190 Å². The average molecular weight is 452 g/mol. The topological polar surface area (TPSA) is 97.9 Å². The second-order valence-corrected chi connectivity index (χ2v) is 9.27. The summed E-state index contributed by atoms with van der Waals surface area (Å²) in [4.78, 5) is 15.5. The van der Waals surface area contributed by atoms with Crippen LogP contribution in [0, 0.1) is 0 Å². The van der Waals surface area contributed by atoms with Crippen LogP contribution in [0.1, 0.15) is 25.7 Å². The Morgan fingerprint density at radius 3 is 2.81 bits per heavy atom. The van der Waals surface area contributed by atoms with E-state index in [-0.39, 0.29) is 0 Å². The summed E-state index contributed by atoms with van der Waals surface area (Å²) in [7, 11) is 1.68. The Kier molecular flexibility index (Phi) is 4.82. The van der Waals surface area contributed by atoms with Crippen LogP contribution >= 0.6 is 11.6 Å². The molecule has 4 aromatic rings. The van der Waals surface area contributed by atoms with Crippen molar-refractivity contribution in [3.63, 3.8) is 0 Å². The van der Waals surface area contributed by atoms with Crippen molar-refractivity contribution in [3.05, 3.63) is 35.7 Å². The fourth-order valence-electron chi connectivity index (χ4n) is 5.43. The molecule has 1 unspecified atom stereocenters. The first kappa shape index (κ1) is 20.0. The van der Waals surface area contributed by atoms with Gasteiger partial charge in [0.05, 0.1) is 29.9 Å². The molecule has 2 aliphatic heterocycles. The molecule has 32 heavy (non-hydrogen) atoms. The first-order valence-electron chi connectivity index (χ1n) is 11.2. The number of hydrogen-bond donors (Lipinski definition) is 2. The molecule has 6 rings (SSSR count). The maximum atomic E-state index is 6.83. The van der Waals surface area contributed by atoms with E-state index < -0.39 is 0 Å². The Hall–Kier alpha value is -2.68. The minimum absolute atomic E-state index is 0.299. The van der Waals surface area contributed by atoms with Crippen molar-refractivity contribution in [2.24, 2.45) is 5.73 Å². The minimum atomic E-state index is 0.299. The molecule has 5 heterocycles. The fourth-order valence-corrected chi connectivity index (χ4v) is 5.74. The van der Waals surface area contributed by atoms with Gasteiger partial charge in [-0.3, -0.25) is 4.68 Å². The summed E-state index contributed by atoms with van der Waals surface area (Å²) < 4.78 is 7.02. The number of H-pyrrole nitrogens is 1. The predicted octanol–water partition coefficient (Wildman–Crippen LogP) is 3.73. The molecule has 8 nitrogen and oxygen atoms in total. The van der Waals surface area contributed by atoms with Crippen LogP contribution in [0.15, 0.2) is 30.7 Å².